The molecule has 0 saturated heterocycles. The average molecular weight is 634 g/mol. The second kappa shape index (κ2) is 19.9. The van der Waals surface area contributed by atoms with Crippen molar-refractivity contribution in [1.82, 2.24) is 14.9 Å². The van der Waals surface area contributed by atoms with Crippen LogP contribution in [0.25, 0.3) is 0 Å². The highest BCUT2D eigenvalue weighted by molar-refractivity contribution is 5.88. The number of carboxylic acid groups (broad SMARTS) is 3. The van der Waals surface area contributed by atoms with Gasteiger partial charge in [0.25, 0.3) is 0 Å². The van der Waals surface area contributed by atoms with Gasteiger partial charge in [0.2, 0.25) is 5.95 Å². The van der Waals surface area contributed by atoms with Crippen LogP contribution in [0.15, 0.2) is 24.3 Å². The van der Waals surface area contributed by atoms with E-state index >= 15 is 0 Å². The Morgan fingerprint density at radius 3 is 2.07 bits per heavy atom. The van der Waals surface area contributed by atoms with Crippen LogP contribution in [-0.4, -0.2) is 98.6 Å². The molecule has 0 aliphatic heterocycles. The molecule has 7 N–H and O–H groups in total. The lowest BCUT2D eigenvalue weighted by molar-refractivity contribution is -0.170. The predicted octanol–water partition coefficient (Wildman–Crippen LogP) is 2.74. The molecule has 1 aromatic heterocycles. The molecule has 0 atom stereocenters. The minimum absolute atomic E-state index is 0.177. The van der Waals surface area contributed by atoms with Gasteiger partial charge in [-0.25, -0.2) is 9.78 Å². The number of carbonyl (C=O) groups excluding carboxylic acids is 1. The monoisotopic (exact) mass is 633 g/mol. The highest BCUT2D eigenvalue weighted by Gasteiger charge is 2.40. The summed E-state index contributed by atoms with van der Waals surface area (Å²) in [7, 11) is 4.09. The molecule has 1 heterocycles. The van der Waals surface area contributed by atoms with E-state index in [9.17, 15) is 19.2 Å². The van der Waals surface area contributed by atoms with E-state index in [0.29, 0.717) is 25.4 Å². The van der Waals surface area contributed by atoms with E-state index in [1.54, 1.807) is 0 Å². The molecule has 14 heteroatoms. The number of rotatable bonds is 19. The standard InChI is InChI=1S/C25H39N5O2.C6H8O7/c1-5-6-7-14-27-24-22(19(2)28-25(26)29-24)17-20-10-12-21(13-11-20)18-23(31)32-16-9-8-15-30(3)4;7-3(8)1-6(13,5(11)12)2-4(9)10/h10-13H,5-9,14-18H2,1-4H3,(H3,26,27,28,29);13H,1-2H2,(H,7,8)(H,9,10)(H,11,12). The molecule has 0 aliphatic carbocycles. The van der Waals surface area contributed by atoms with Crippen molar-refractivity contribution in [2.45, 2.75) is 77.2 Å². The SMILES string of the molecule is CCCCCNc1nc(N)nc(C)c1Cc1ccc(CC(=O)OCCCCN(C)C)cc1.O=C(O)CC(O)(CC(=O)O)C(=O)O. The third kappa shape index (κ3) is 15.8. The molecule has 0 unspecified atom stereocenters. The van der Waals surface area contributed by atoms with Crippen LogP contribution >= 0.6 is 0 Å². The van der Waals surface area contributed by atoms with E-state index in [-0.39, 0.29) is 5.97 Å². The molecular formula is C31H47N5O9. The van der Waals surface area contributed by atoms with E-state index < -0.39 is 36.4 Å². The number of aromatic nitrogens is 2. The van der Waals surface area contributed by atoms with Crippen molar-refractivity contribution in [3.63, 3.8) is 0 Å². The van der Waals surface area contributed by atoms with E-state index in [1.165, 1.54) is 12.8 Å². The minimum Gasteiger partial charge on any atom is -0.481 e. The number of aryl methyl sites for hydroxylation is 1. The molecule has 0 spiro atoms. The maximum Gasteiger partial charge on any atom is 0.336 e. The first kappa shape index (κ1) is 38.7. The van der Waals surface area contributed by atoms with Crippen molar-refractivity contribution in [3.05, 3.63) is 46.6 Å². The third-order valence-corrected chi connectivity index (χ3v) is 6.60. The Hall–Kier alpha value is -4.30. The molecule has 0 saturated carbocycles. The summed E-state index contributed by atoms with van der Waals surface area (Å²) in [4.78, 5) is 53.5. The van der Waals surface area contributed by atoms with Gasteiger partial charge in [0, 0.05) is 24.2 Å². The topological polar surface area (TPSA) is 225 Å². The first-order valence-electron chi connectivity index (χ1n) is 14.8. The van der Waals surface area contributed by atoms with Gasteiger partial charge in [0.1, 0.15) is 5.82 Å². The lowest BCUT2D eigenvalue weighted by Gasteiger charge is -2.18. The Morgan fingerprint density at radius 1 is 0.933 bits per heavy atom. The molecule has 45 heavy (non-hydrogen) atoms. The molecule has 250 valence electrons. The molecule has 1 aromatic carbocycles. The Balaban J connectivity index is 0.000000656. The molecule has 0 radical (unpaired) electrons. The summed E-state index contributed by atoms with van der Waals surface area (Å²) in [5.74, 6) is -4.09. The quantitative estimate of drug-likeness (QED) is 0.0966. The lowest BCUT2D eigenvalue weighted by atomic mass is 9.96. The normalized spacial score (nSPS) is 11.0. The molecule has 0 fully saturated rings. The van der Waals surface area contributed by atoms with Gasteiger partial charge < -0.3 is 41.1 Å². The summed E-state index contributed by atoms with van der Waals surface area (Å²) in [5, 5.41) is 37.2. The number of hydrogen-bond donors (Lipinski definition) is 6. The summed E-state index contributed by atoms with van der Waals surface area (Å²) < 4.78 is 5.36. The number of esters is 1. The van der Waals surface area contributed by atoms with Gasteiger partial charge in [-0.15, -0.1) is 0 Å². The van der Waals surface area contributed by atoms with Gasteiger partial charge in [-0.1, -0.05) is 44.0 Å². The van der Waals surface area contributed by atoms with Gasteiger partial charge >= 0.3 is 23.9 Å². The highest BCUT2D eigenvalue weighted by Crippen LogP contribution is 2.22. The molecule has 14 nitrogen and oxygen atoms in total. The summed E-state index contributed by atoms with van der Waals surface area (Å²) in [6, 6.07) is 8.08. The van der Waals surface area contributed by atoms with E-state index in [1.807, 2.05) is 33.2 Å². The van der Waals surface area contributed by atoms with Crippen molar-refractivity contribution >= 4 is 35.6 Å². The van der Waals surface area contributed by atoms with E-state index in [2.05, 4.69) is 39.2 Å². The number of hydrogen-bond acceptors (Lipinski definition) is 11. The van der Waals surface area contributed by atoms with Gasteiger partial charge in [-0.3, -0.25) is 14.4 Å². The van der Waals surface area contributed by atoms with Crippen LogP contribution in [0.2, 0.25) is 0 Å². The Morgan fingerprint density at radius 2 is 1.53 bits per heavy atom. The number of nitrogens with two attached hydrogens (primary N) is 1. The maximum absolute atomic E-state index is 12.1. The number of carbonyl (C=O) groups is 4. The first-order valence-corrected chi connectivity index (χ1v) is 14.8. The van der Waals surface area contributed by atoms with Crippen molar-refractivity contribution < 1.29 is 44.3 Å². The first-order chi connectivity index (χ1) is 21.2. The number of aliphatic hydroxyl groups is 1. The van der Waals surface area contributed by atoms with Crippen LogP contribution in [-0.2, 0) is 36.8 Å². The molecule has 0 amide bonds. The van der Waals surface area contributed by atoms with Crippen LogP contribution in [0.5, 0.6) is 0 Å². The van der Waals surface area contributed by atoms with Crippen LogP contribution in [0.4, 0.5) is 11.8 Å². The Kier molecular flexibility index (Phi) is 17.1. The van der Waals surface area contributed by atoms with Gasteiger partial charge in [0.05, 0.1) is 25.9 Å². The Bertz CT molecular complexity index is 1240. The third-order valence-electron chi connectivity index (χ3n) is 6.60. The maximum atomic E-state index is 12.1. The zero-order chi connectivity index (χ0) is 34.0. The number of carboxylic acids is 3. The molecular weight excluding hydrogens is 586 g/mol. The number of aliphatic carboxylic acids is 3. The molecule has 2 aromatic rings. The van der Waals surface area contributed by atoms with Crippen LogP contribution in [0.3, 0.4) is 0 Å². The summed E-state index contributed by atoms with van der Waals surface area (Å²) >= 11 is 0. The molecule has 0 bridgehead atoms. The van der Waals surface area contributed by atoms with E-state index in [4.69, 9.17) is 30.9 Å². The van der Waals surface area contributed by atoms with Crippen LogP contribution in [0.1, 0.15) is 74.3 Å². The summed E-state index contributed by atoms with van der Waals surface area (Å²) in [6.45, 7) is 6.51. The smallest absolute Gasteiger partial charge is 0.336 e. The fourth-order valence-electron chi connectivity index (χ4n) is 4.18. The number of nitrogens with zero attached hydrogens (tertiary/aromatic N) is 3. The van der Waals surface area contributed by atoms with Crippen LogP contribution in [0, 0.1) is 6.92 Å². The fraction of sp³-hybridized carbons (Fsp3) is 0.548. The van der Waals surface area contributed by atoms with Crippen molar-refractivity contribution in [2.24, 2.45) is 0 Å². The largest absolute Gasteiger partial charge is 0.481 e. The Labute approximate surface area is 263 Å². The van der Waals surface area contributed by atoms with E-state index in [0.717, 1.165) is 60.6 Å². The van der Waals surface area contributed by atoms with Gasteiger partial charge in [-0.05, 0) is 58.0 Å². The number of nitrogens with one attached hydrogen (secondary N) is 1. The fourth-order valence-corrected chi connectivity index (χ4v) is 4.18. The van der Waals surface area contributed by atoms with Crippen molar-refractivity contribution in [1.29, 1.82) is 0 Å². The predicted molar refractivity (Wildman–Crippen MR) is 168 cm³/mol. The zero-order valence-electron chi connectivity index (χ0n) is 26.5. The number of benzene rings is 1. The number of unbranched alkanes of at least 4 members (excludes halogenated alkanes) is 3. The molecule has 0 aliphatic rings. The lowest BCUT2D eigenvalue weighted by Crippen LogP contribution is -2.42. The number of nitrogen functional groups attached to an aromatic ring is 1. The second-order valence-electron chi connectivity index (χ2n) is 11.0. The number of ether oxygens (including phenoxy) is 1. The molecule has 2 rings (SSSR count). The average Bonchev–Trinajstić information content (AvgIpc) is 2.93. The summed E-state index contributed by atoms with van der Waals surface area (Å²) in [6.07, 6.45) is 4.08. The summed E-state index contributed by atoms with van der Waals surface area (Å²) in [5.41, 5.74) is 7.17. The number of anilines is 2. The van der Waals surface area contributed by atoms with Gasteiger partial charge in [0.15, 0.2) is 5.60 Å². The second-order valence-corrected chi connectivity index (χ2v) is 11.0. The zero-order valence-corrected chi connectivity index (χ0v) is 26.5. The highest BCUT2D eigenvalue weighted by atomic mass is 16.5. The van der Waals surface area contributed by atoms with Crippen LogP contribution < -0.4 is 11.1 Å². The minimum atomic E-state index is -2.74. The van der Waals surface area contributed by atoms with Gasteiger partial charge in [-0.2, -0.15) is 4.98 Å². The van der Waals surface area contributed by atoms with Crippen molar-refractivity contribution in [3.8, 4) is 0 Å². The van der Waals surface area contributed by atoms with Crippen molar-refractivity contribution in [2.75, 3.05) is 44.8 Å².